The highest BCUT2D eigenvalue weighted by atomic mass is 32.1. The first-order valence-corrected chi connectivity index (χ1v) is 7.75. The summed E-state index contributed by atoms with van der Waals surface area (Å²) in [5.41, 5.74) is 3.83. The van der Waals surface area contributed by atoms with Crippen molar-refractivity contribution in [3.05, 3.63) is 51.7 Å². The van der Waals surface area contributed by atoms with Gasteiger partial charge in [-0.25, -0.2) is 0 Å². The first kappa shape index (κ1) is 13.2. The van der Waals surface area contributed by atoms with Gasteiger partial charge in [0, 0.05) is 28.1 Å². The van der Waals surface area contributed by atoms with Crippen LogP contribution in [0.3, 0.4) is 0 Å². The van der Waals surface area contributed by atoms with Gasteiger partial charge >= 0.3 is 0 Å². The minimum atomic E-state index is -0.0787. The molecule has 3 heteroatoms. The number of hydrogen-bond donors (Lipinski definition) is 1. The maximum Gasteiger partial charge on any atom is 0.104 e. The van der Waals surface area contributed by atoms with Crippen molar-refractivity contribution in [3.63, 3.8) is 0 Å². The summed E-state index contributed by atoms with van der Waals surface area (Å²) < 4.78 is 0. The Morgan fingerprint density at radius 3 is 3.10 bits per heavy atom. The molecule has 0 amide bonds. The first-order chi connectivity index (χ1) is 9.86. The van der Waals surface area contributed by atoms with Gasteiger partial charge in [0.25, 0.3) is 0 Å². The van der Waals surface area contributed by atoms with Crippen LogP contribution in [0.25, 0.3) is 0 Å². The number of benzene rings is 1. The fraction of sp³-hybridized carbons (Fsp3) is 0.294. The number of fused-ring (bicyclic) bond motifs is 1. The maximum absolute atomic E-state index is 8.73. The van der Waals surface area contributed by atoms with Crippen LogP contribution < -0.4 is 4.90 Å². The van der Waals surface area contributed by atoms with Crippen molar-refractivity contribution in [1.29, 1.82) is 0 Å². The van der Waals surface area contributed by atoms with E-state index in [1.807, 2.05) is 0 Å². The molecular weight excluding hydrogens is 266 g/mol. The van der Waals surface area contributed by atoms with E-state index in [0.29, 0.717) is 0 Å². The van der Waals surface area contributed by atoms with Crippen LogP contribution in [0.15, 0.2) is 35.7 Å². The van der Waals surface area contributed by atoms with Crippen molar-refractivity contribution in [2.75, 3.05) is 18.1 Å². The molecule has 0 saturated heterocycles. The summed E-state index contributed by atoms with van der Waals surface area (Å²) in [5.74, 6) is 5.66. The van der Waals surface area contributed by atoms with Crippen LogP contribution in [0.5, 0.6) is 0 Å². The van der Waals surface area contributed by atoms with Gasteiger partial charge in [0.2, 0.25) is 0 Å². The molecule has 20 heavy (non-hydrogen) atoms. The molecule has 1 N–H and O–H groups in total. The van der Waals surface area contributed by atoms with E-state index in [4.69, 9.17) is 5.11 Å². The standard InChI is InChI=1S/C17H17NOS/c19-10-4-5-14-11-16(20-13-14)12-18-9-3-7-15-6-1-2-8-17(15)18/h1-2,6,8,11,13,19H,3,7,9-10,12H2. The van der Waals surface area contributed by atoms with Crippen molar-refractivity contribution in [2.45, 2.75) is 19.4 Å². The third-order valence-electron chi connectivity index (χ3n) is 3.52. The average Bonchev–Trinajstić information content (AvgIpc) is 2.93. The van der Waals surface area contributed by atoms with Gasteiger partial charge in [-0.2, -0.15) is 0 Å². The van der Waals surface area contributed by atoms with Gasteiger partial charge in [-0.15, -0.1) is 11.3 Å². The Balaban J connectivity index is 1.77. The van der Waals surface area contributed by atoms with Crippen LogP contribution in [-0.4, -0.2) is 18.3 Å². The molecule has 0 radical (unpaired) electrons. The molecule has 1 aliphatic heterocycles. The Labute approximate surface area is 123 Å². The number of para-hydroxylation sites is 1. The van der Waals surface area contributed by atoms with Crippen LogP contribution in [0.4, 0.5) is 5.69 Å². The summed E-state index contributed by atoms with van der Waals surface area (Å²) in [6.07, 6.45) is 2.41. The molecule has 2 nitrogen and oxygen atoms in total. The second-order valence-corrected chi connectivity index (χ2v) is 5.91. The van der Waals surface area contributed by atoms with Gasteiger partial charge in [-0.3, -0.25) is 0 Å². The van der Waals surface area contributed by atoms with Crippen LogP contribution >= 0.6 is 11.3 Å². The predicted octanol–water partition coefficient (Wildman–Crippen LogP) is 3.04. The molecule has 0 bridgehead atoms. The fourth-order valence-corrected chi connectivity index (χ4v) is 3.47. The van der Waals surface area contributed by atoms with Gasteiger partial charge < -0.3 is 10.0 Å². The lowest BCUT2D eigenvalue weighted by atomic mass is 10.0. The molecule has 2 heterocycles. The lowest BCUT2D eigenvalue weighted by Crippen LogP contribution is -2.28. The number of thiophene rings is 1. The van der Waals surface area contributed by atoms with Gasteiger partial charge in [-0.1, -0.05) is 30.0 Å². The number of rotatable bonds is 2. The number of aliphatic hydroxyl groups excluding tert-OH is 1. The smallest absolute Gasteiger partial charge is 0.104 e. The van der Waals surface area contributed by atoms with E-state index >= 15 is 0 Å². The van der Waals surface area contributed by atoms with Crippen LogP contribution in [-0.2, 0) is 13.0 Å². The fourth-order valence-electron chi connectivity index (χ4n) is 2.63. The highest BCUT2D eigenvalue weighted by Crippen LogP contribution is 2.29. The Bertz CT molecular complexity index is 650. The van der Waals surface area contributed by atoms with E-state index in [-0.39, 0.29) is 6.61 Å². The van der Waals surface area contributed by atoms with E-state index in [0.717, 1.165) is 18.7 Å². The van der Waals surface area contributed by atoms with E-state index < -0.39 is 0 Å². The van der Waals surface area contributed by atoms with Crippen molar-refractivity contribution >= 4 is 17.0 Å². The van der Waals surface area contributed by atoms with Crippen molar-refractivity contribution < 1.29 is 5.11 Å². The molecule has 1 aliphatic rings. The molecule has 0 unspecified atom stereocenters. The topological polar surface area (TPSA) is 23.5 Å². The zero-order valence-corrected chi connectivity index (χ0v) is 12.1. The Kier molecular flexibility index (Phi) is 4.05. The minimum Gasteiger partial charge on any atom is -0.384 e. The van der Waals surface area contributed by atoms with Gasteiger partial charge in [-0.05, 0) is 30.5 Å². The quantitative estimate of drug-likeness (QED) is 0.856. The molecule has 2 aromatic rings. The molecular formula is C17H17NOS. The SMILES string of the molecule is OCC#Cc1csc(CN2CCCc3ccccc32)c1. The summed E-state index contributed by atoms with van der Waals surface area (Å²) in [6.45, 7) is 1.99. The lowest BCUT2D eigenvalue weighted by molar-refractivity contribution is 0.350. The van der Waals surface area contributed by atoms with Gasteiger partial charge in [0.15, 0.2) is 0 Å². The predicted molar refractivity (Wildman–Crippen MR) is 84.1 cm³/mol. The molecule has 1 aromatic carbocycles. The summed E-state index contributed by atoms with van der Waals surface area (Å²) >= 11 is 1.74. The largest absolute Gasteiger partial charge is 0.384 e. The third kappa shape index (κ3) is 2.87. The summed E-state index contributed by atoms with van der Waals surface area (Å²) in [6, 6.07) is 10.8. The van der Waals surface area contributed by atoms with Crippen molar-refractivity contribution in [3.8, 4) is 11.8 Å². The van der Waals surface area contributed by atoms with Gasteiger partial charge in [0.05, 0.1) is 6.54 Å². The summed E-state index contributed by atoms with van der Waals surface area (Å²) in [4.78, 5) is 3.78. The Hall–Kier alpha value is -1.76. The monoisotopic (exact) mass is 283 g/mol. The first-order valence-electron chi connectivity index (χ1n) is 6.87. The molecule has 0 spiro atoms. The number of aryl methyl sites for hydroxylation is 1. The van der Waals surface area contributed by atoms with E-state index in [1.165, 1.54) is 29.0 Å². The normalized spacial score (nSPS) is 13.6. The van der Waals surface area contributed by atoms with E-state index in [9.17, 15) is 0 Å². The number of hydrogen-bond acceptors (Lipinski definition) is 3. The van der Waals surface area contributed by atoms with E-state index in [2.05, 4.69) is 52.5 Å². The van der Waals surface area contributed by atoms with Crippen LogP contribution in [0.2, 0.25) is 0 Å². The number of anilines is 1. The summed E-state index contributed by atoms with van der Waals surface area (Å²) in [5, 5.41) is 10.8. The maximum atomic E-state index is 8.73. The van der Waals surface area contributed by atoms with E-state index in [1.54, 1.807) is 11.3 Å². The van der Waals surface area contributed by atoms with Crippen molar-refractivity contribution in [1.82, 2.24) is 0 Å². The minimum absolute atomic E-state index is 0.0787. The molecule has 0 aliphatic carbocycles. The third-order valence-corrected chi connectivity index (χ3v) is 4.44. The highest BCUT2D eigenvalue weighted by Gasteiger charge is 2.16. The second kappa shape index (κ2) is 6.13. The lowest BCUT2D eigenvalue weighted by Gasteiger charge is -2.30. The molecule has 3 rings (SSSR count). The Morgan fingerprint density at radius 1 is 1.30 bits per heavy atom. The van der Waals surface area contributed by atoms with Crippen LogP contribution in [0, 0.1) is 11.8 Å². The highest BCUT2D eigenvalue weighted by molar-refractivity contribution is 7.10. The average molecular weight is 283 g/mol. The Morgan fingerprint density at radius 2 is 2.20 bits per heavy atom. The molecule has 0 saturated carbocycles. The second-order valence-electron chi connectivity index (χ2n) is 4.92. The molecule has 102 valence electrons. The molecule has 1 aromatic heterocycles. The molecule has 0 fully saturated rings. The number of aliphatic hydroxyl groups is 1. The molecule has 0 atom stereocenters. The number of nitrogens with zero attached hydrogens (tertiary/aromatic N) is 1. The zero-order valence-electron chi connectivity index (χ0n) is 11.3. The zero-order chi connectivity index (χ0) is 13.8. The van der Waals surface area contributed by atoms with Gasteiger partial charge in [0.1, 0.15) is 6.61 Å². The van der Waals surface area contributed by atoms with Crippen LogP contribution in [0.1, 0.15) is 22.4 Å². The van der Waals surface area contributed by atoms with Crippen molar-refractivity contribution in [2.24, 2.45) is 0 Å². The summed E-state index contributed by atoms with van der Waals surface area (Å²) in [7, 11) is 0.